The highest BCUT2D eigenvalue weighted by Gasteiger charge is 2.68. The number of hydrogen-bond acceptors (Lipinski definition) is 6. The van der Waals surface area contributed by atoms with Crippen molar-refractivity contribution in [2.75, 3.05) is 0 Å². The van der Waals surface area contributed by atoms with Crippen LogP contribution in [0, 0.1) is 28.6 Å². The Bertz CT molecular complexity index is 786. The van der Waals surface area contributed by atoms with Gasteiger partial charge in [0, 0.05) is 5.41 Å². The maximum Gasteiger partial charge on any atom is 0.0916 e. The van der Waals surface area contributed by atoms with Gasteiger partial charge in [-0.25, -0.2) is 0 Å². The van der Waals surface area contributed by atoms with Crippen molar-refractivity contribution in [1.29, 1.82) is 0 Å². The van der Waals surface area contributed by atoms with Gasteiger partial charge < -0.3 is 30.6 Å². The average molecular weight is 467 g/mol. The lowest BCUT2D eigenvalue weighted by Crippen LogP contribution is -2.61. The molecular weight excluding hydrogens is 420 g/mol. The quantitative estimate of drug-likeness (QED) is 0.347. The summed E-state index contributed by atoms with van der Waals surface area (Å²) in [6.07, 6.45) is 5.22. The number of fused-ring (bicyclic) bond motifs is 5. The third-order valence-corrected chi connectivity index (χ3v) is 10.7. The van der Waals surface area contributed by atoms with Crippen LogP contribution in [-0.2, 0) is 0 Å². The molecule has 0 amide bonds. The summed E-state index contributed by atoms with van der Waals surface area (Å²) < 4.78 is 0. The minimum atomic E-state index is -1.37. The van der Waals surface area contributed by atoms with E-state index in [-0.39, 0.29) is 17.3 Å². The van der Waals surface area contributed by atoms with E-state index >= 15 is 0 Å². The van der Waals surface area contributed by atoms with Gasteiger partial charge in [0.2, 0.25) is 0 Å². The molecule has 4 aliphatic rings. The Hall–Kier alpha value is -0.500. The Balaban J connectivity index is 1.62. The Morgan fingerprint density at radius 2 is 1.73 bits per heavy atom. The van der Waals surface area contributed by atoms with E-state index in [1.807, 2.05) is 0 Å². The zero-order valence-corrected chi connectivity index (χ0v) is 21.1. The molecule has 6 N–H and O–H groups in total. The Morgan fingerprint density at radius 3 is 2.36 bits per heavy atom. The van der Waals surface area contributed by atoms with Crippen LogP contribution in [0.1, 0.15) is 92.4 Å². The van der Waals surface area contributed by atoms with E-state index in [2.05, 4.69) is 19.9 Å². The molecule has 3 saturated carbocycles. The summed E-state index contributed by atoms with van der Waals surface area (Å²) in [4.78, 5) is 0. The molecule has 33 heavy (non-hydrogen) atoms. The monoisotopic (exact) mass is 466 g/mol. The van der Waals surface area contributed by atoms with Crippen molar-refractivity contribution < 1.29 is 30.6 Å². The highest BCUT2D eigenvalue weighted by molar-refractivity contribution is 5.36. The fourth-order valence-corrected chi connectivity index (χ4v) is 8.47. The molecule has 0 spiro atoms. The molecule has 6 nitrogen and oxygen atoms in total. The van der Waals surface area contributed by atoms with Crippen LogP contribution in [0.15, 0.2) is 11.6 Å². The van der Waals surface area contributed by atoms with Gasteiger partial charge >= 0.3 is 0 Å². The predicted octanol–water partition coefficient (Wildman–Crippen LogP) is 2.68. The number of allylic oxidation sites excluding steroid dienone is 1. The molecule has 6 heteroatoms. The van der Waals surface area contributed by atoms with Crippen molar-refractivity contribution in [3.8, 4) is 0 Å². The van der Waals surface area contributed by atoms with Gasteiger partial charge in [0.05, 0.1) is 35.1 Å². The van der Waals surface area contributed by atoms with E-state index in [4.69, 9.17) is 0 Å². The molecule has 4 aliphatic carbocycles. The summed E-state index contributed by atoms with van der Waals surface area (Å²) in [7, 11) is 0. The Morgan fingerprint density at radius 1 is 1.06 bits per heavy atom. The van der Waals surface area contributed by atoms with Crippen molar-refractivity contribution >= 4 is 0 Å². The van der Waals surface area contributed by atoms with E-state index < -0.39 is 40.5 Å². The Kier molecular flexibility index (Phi) is 6.21. The molecule has 0 heterocycles. The van der Waals surface area contributed by atoms with Crippen LogP contribution in [0.25, 0.3) is 0 Å². The summed E-state index contributed by atoms with van der Waals surface area (Å²) >= 11 is 0. The molecule has 3 fully saturated rings. The summed E-state index contributed by atoms with van der Waals surface area (Å²) in [6.45, 7) is 9.40. The molecule has 0 saturated heterocycles. The Labute approximate surface area is 198 Å². The van der Waals surface area contributed by atoms with Crippen LogP contribution in [0.5, 0.6) is 0 Å². The first kappa shape index (κ1) is 25.6. The maximum absolute atomic E-state index is 12.2. The molecule has 0 aromatic rings. The van der Waals surface area contributed by atoms with Crippen LogP contribution < -0.4 is 0 Å². The SMILES string of the molecule is CC(C)(O)CC[C@@H](O)[C@](C)(O)[C@H]1CC[C@@]2(O)C3=CC[C@H]4C[C@@H](O)[C@@H](O)C[C@]4(C)[C@H]3CC[C@]12C. The molecule has 0 aromatic heterocycles. The molecule has 0 aliphatic heterocycles. The molecule has 0 bridgehead atoms. The van der Waals surface area contributed by atoms with Crippen LogP contribution >= 0.6 is 0 Å². The third kappa shape index (κ3) is 3.84. The highest BCUT2D eigenvalue weighted by atomic mass is 16.3. The molecule has 4 rings (SSSR count). The molecule has 190 valence electrons. The third-order valence-electron chi connectivity index (χ3n) is 10.7. The van der Waals surface area contributed by atoms with E-state index in [1.54, 1.807) is 20.8 Å². The van der Waals surface area contributed by atoms with Crippen LogP contribution in [0.2, 0.25) is 0 Å². The number of aliphatic hydroxyl groups is 6. The highest BCUT2D eigenvalue weighted by Crippen LogP contribution is 2.69. The fourth-order valence-electron chi connectivity index (χ4n) is 8.47. The lowest BCUT2D eigenvalue weighted by Gasteiger charge is -2.61. The summed E-state index contributed by atoms with van der Waals surface area (Å²) in [5, 5.41) is 65.6. The van der Waals surface area contributed by atoms with Crippen molar-refractivity contribution in [3.05, 3.63) is 11.6 Å². The normalized spacial score (nSPS) is 48.2. The summed E-state index contributed by atoms with van der Waals surface area (Å²) in [5.74, 6) is 0.180. The summed E-state index contributed by atoms with van der Waals surface area (Å²) in [6, 6.07) is 0. The van der Waals surface area contributed by atoms with Gasteiger partial charge in [0.1, 0.15) is 0 Å². The largest absolute Gasteiger partial charge is 0.390 e. The van der Waals surface area contributed by atoms with E-state index in [9.17, 15) is 30.6 Å². The lowest BCUT2D eigenvalue weighted by atomic mass is 9.46. The zero-order valence-electron chi connectivity index (χ0n) is 21.1. The number of hydrogen-bond donors (Lipinski definition) is 6. The molecule has 0 aromatic carbocycles. The second kappa shape index (κ2) is 8.01. The van der Waals surface area contributed by atoms with Crippen molar-refractivity contribution in [2.24, 2.45) is 28.6 Å². The summed E-state index contributed by atoms with van der Waals surface area (Å²) in [5.41, 5.74) is -2.99. The minimum absolute atomic E-state index is 0.153. The van der Waals surface area contributed by atoms with Crippen molar-refractivity contribution in [1.82, 2.24) is 0 Å². The van der Waals surface area contributed by atoms with E-state index in [0.717, 1.165) is 24.8 Å². The first-order valence-corrected chi connectivity index (χ1v) is 13.0. The van der Waals surface area contributed by atoms with Gasteiger partial charge in [-0.3, -0.25) is 0 Å². The second-order valence-corrected chi connectivity index (χ2v) is 13.2. The predicted molar refractivity (Wildman–Crippen MR) is 126 cm³/mol. The zero-order chi connectivity index (χ0) is 24.6. The van der Waals surface area contributed by atoms with Crippen molar-refractivity contribution in [3.63, 3.8) is 0 Å². The number of rotatable bonds is 5. The minimum Gasteiger partial charge on any atom is -0.390 e. The van der Waals surface area contributed by atoms with Gasteiger partial charge in [-0.05, 0) is 107 Å². The number of aliphatic hydroxyl groups excluding tert-OH is 3. The fraction of sp³-hybridized carbons (Fsp3) is 0.926. The van der Waals surface area contributed by atoms with Gasteiger partial charge in [-0.2, -0.15) is 0 Å². The van der Waals surface area contributed by atoms with Gasteiger partial charge in [0.25, 0.3) is 0 Å². The molecular formula is C27H46O6. The van der Waals surface area contributed by atoms with Gasteiger partial charge in [-0.15, -0.1) is 0 Å². The first-order valence-electron chi connectivity index (χ1n) is 13.0. The smallest absolute Gasteiger partial charge is 0.0916 e. The second-order valence-electron chi connectivity index (χ2n) is 13.2. The van der Waals surface area contributed by atoms with E-state index in [1.165, 1.54) is 0 Å². The lowest BCUT2D eigenvalue weighted by molar-refractivity contribution is -0.175. The van der Waals surface area contributed by atoms with Crippen LogP contribution in [-0.4, -0.2) is 65.8 Å². The van der Waals surface area contributed by atoms with Crippen LogP contribution in [0.3, 0.4) is 0 Å². The van der Waals surface area contributed by atoms with Crippen LogP contribution in [0.4, 0.5) is 0 Å². The molecule has 0 unspecified atom stereocenters. The first-order chi connectivity index (χ1) is 15.1. The maximum atomic E-state index is 12.2. The van der Waals surface area contributed by atoms with E-state index in [0.29, 0.717) is 44.4 Å². The molecule has 10 atom stereocenters. The standard InChI is InChI=1S/C27H46O6/c1-23(2,31)11-10-22(30)26(5,32)21-9-13-27(33)18-7-6-16-14-19(28)20(29)15-24(16,3)17(18)8-12-25(21,27)4/h7,16-17,19-22,28-33H,6,8-15H2,1-5H3/t16-,17-,19+,20-,21-,22+,24-,25+,26+,27+/m0/s1. The van der Waals surface area contributed by atoms with Gasteiger partial charge in [0.15, 0.2) is 0 Å². The molecule has 0 radical (unpaired) electrons. The van der Waals surface area contributed by atoms with Gasteiger partial charge in [-0.1, -0.05) is 19.9 Å². The average Bonchev–Trinajstić information content (AvgIpc) is 2.98. The van der Waals surface area contributed by atoms with Crippen molar-refractivity contribution in [2.45, 2.75) is 128 Å². The topological polar surface area (TPSA) is 121 Å².